The highest BCUT2D eigenvalue weighted by atomic mass is 32.1. The van der Waals surface area contributed by atoms with E-state index in [2.05, 4.69) is 39.5 Å². The van der Waals surface area contributed by atoms with Crippen LogP contribution in [-0.2, 0) is 19.2 Å². The maximum atomic E-state index is 12.2. The molecule has 0 aromatic heterocycles. The van der Waals surface area contributed by atoms with E-state index in [0.29, 0.717) is 21.5 Å². The average Bonchev–Trinajstić information content (AvgIpc) is 2.77. The molecule has 0 aliphatic heterocycles. The zero-order chi connectivity index (χ0) is 24.5. The van der Waals surface area contributed by atoms with Crippen LogP contribution in [0.1, 0.15) is 90.9 Å². The summed E-state index contributed by atoms with van der Waals surface area (Å²) in [6.45, 7) is 3.11. The Morgan fingerprint density at radius 1 is 0.625 bits per heavy atom. The van der Waals surface area contributed by atoms with Gasteiger partial charge in [-0.1, -0.05) is 104 Å². The highest BCUT2D eigenvalue weighted by Gasteiger charge is 2.29. The van der Waals surface area contributed by atoms with Gasteiger partial charge in [-0.25, -0.2) is 0 Å². The molecule has 0 aromatic carbocycles. The number of Topliss-reactive ketones (excluding diaryl/α,β-unsaturated/α-hetero) is 2. The van der Waals surface area contributed by atoms with Crippen LogP contribution < -0.4 is 0 Å². The largest absolute Gasteiger partial charge is 0.385 e. The van der Waals surface area contributed by atoms with E-state index in [1.54, 1.807) is 0 Å². The molecule has 0 saturated heterocycles. The number of aliphatic hydroxyl groups is 2. The van der Waals surface area contributed by atoms with Crippen molar-refractivity contribution in [1.82, 2.24) is 8.61 Å². The normalized spacial score (nSPS) is 12.8. The minimum absolute atomic E-state index is 0.288. The van der Waals surface area contributed by atoms with Crippen molar-refractivity contribution in [3.63, 3.8) is 0 Å². The lowest BCUT2D eigenvalue weighted by Crippen LogP contribution is -2.43. The van der Waals surface area contributed by atoms with Gasteiger partial charge in [-0.2, -0.15) is 0 Å². The fourth-order valence-corrected chi connectivity index (χ4v) is 3.52. The number of hydrogen-bond donors (Lipinski definition) is 4. The Kier molecular flexibility index (Phi) is 17.7. The van der Waals surface area contributed by atoms with E-state index in [1.165, 1.54) is 0 Å². The molecular formula is C22H40N2O6S2. The Morgan fingerprint density at radius 3 is 1.25 bits per heavy atom. The molecule has 0 saturated carbocycles. The third kappa shape index (κ3) is 13.4. The molecule has 0 spiro atoms. The second-order valence-electron chi connectivity index (χ2n) is 8.10. The van der Waals surface area contributed by atoms with Gasteiger partial charge in [0.05, 0.1) is 13.1 Å². The number of carbonyl (C=O) groups is 4. The molecule has 2 N–H and O–H groups in total. The lowest BCUT2D eigenvalue weighted by atomic mass is 10.1. The zero-order valence-electron chi connectivity index (χ0n) is 19.4. The van der Waals surface area contributed by atoms with Gasteiger partial charge >= 0.3 is 11.8 Å². The first-order valence-electron chi connectivity index (χ1n) is 11.6. The van der Waals surface area contributed by atoms with Crippen molar-refractivity contribution in [2.75, 3.05) is 13.1 Å². The van der Waals surface area contributed by atoms with Crippen molar-refractivity contribution in [3.8, 4) is 0 Å². The molecule has 0 heterocycles. The summed E-state index contributed by atoms with van der Waals surface area (Å²) in [7, 11) is 0. The number of carbonyl (C=O) groups excluding carboxylic acids is 4. The van der Waals surface area contributed by atoms with Gasteiger partial charge in [-0.05, 0) is 12.8 Å². The monoisotopic (exact) mass is 492 g/mol. The highest BCUT2D eigenvalue weighted by Crippen LogP contribution is 2.11. The quantitative estimate of drug-likeness (QED) is 0.133. The van der Waals surface area contributed by atoms with Crippen molar-refractivity contribution in [1.29, 1.82) is 0 Å². The van der Waals surface area contributed by atoms with Crippen molar-refractivity contribution in [3.05, 3.63) is 0 Å². The van der Waals surface area contributed by atoms with Gasteiger partial charge in [0.25, 0.3) is 0 Å². The second kappa shape index (κ2) is 18.3. The molecule has 2 amide bonds. The Bertz CT molecular complexity index is 541. The topological polar surface area (TPSA) is 115 Å². The first kappa shape index (κ1) is 30.9. The summed E-state index contributed by atoms with van der Waals surface area (Å²) in [6.07, 6.45) is 7.79. The van der Waals surface area contributed by atoms with E-state index < -0.39 is 48.7 Å². The van der Waals surface area contributed by atoms with Crippen LogP contribution >= 0.6 is 25.6 Å². The number of aliphatic hydroxyl groups excluding tert-OH is 2. The summed E-state index contributed by atoms with van der Waals surface area (Å²) >= 11 is 7.74. The fraction of sp³-hybridized carbons (Fsp3) is 0.818. The molecule has 0 bridgehead atoms. The summed E-state index contributed by atoms with van der Waals surface area (Å²) < 4.78 is 1.20. The van der Waals surface area contributed by atoms with E-state index in [1.807, 2.05) is 0 Å². The molecule has 8 nitrogen and oxygen atoms in total. The Balaban J connectivity index is 4.39. The van der Waals surface area contributed by atoms with Crippen LogP contribution in [-0.4, -0.2) is 67.5 Å². The lowest BCUT2D eigenvalue weighted by Gasteiger charge is -2.20. The van der Waals surface area contributed by atoms with Crippen molar-refractivity contribution in [2.24, 2.45) is 0 Å². The van der Waals surface area contributed by atoms with Gasteiger partial charge in [0.15, 0.2) is 11.6 Å². The number of rotatable bonds is 18. The second-order valence-corrected chi connectivity index (χ2v) is 9.06. The molecule has 0 radical (unpaired) electrons. The maximum absolute atomic E-state index is 12.2. The number of thiol groups is 2. The van der Waals surface area contributed by atoms with Crippen LogP contribution in [0.3, 0.4) is 0 Å². The van der Waals surface area contributed by atoms with Crippen LogP contribution in [0.5, 0.6) is 0 Å². The minimum Gasteiger partial charge on any atom is -0.385 e. The Morgan fingerprint density at radius 2 is 0.938 bits per heavy atom. The van der Waals surface area contributed by atoms with Crippen molar-refractivity contribution in [2.45, 2.75) is 103 Å². The first-order chi connectivity index (χ1) is 15.1. The average molecular weight is 493 g/mol. The predicted octanol–water partition coefficient (Wildman–Crippen LogP) is 2.91. The molecule has 10 heteroatoms. The molecule has 0 rings (SSSR count). The minimum atomic E-state index is -1.23. The highest BCUT2D eigenvalue weighted by molar-refractivity contribution is 7.79. The Hall–Kier alpha value is -1.10. The third-order valence-electron chi connectivity index (χ3n) is 5.17. The molecule has 0 aromatic rings. The van der Waals surface area contributed by atoms with E-state index >= 15 is 0 Å². The van der Waals surface area contributed by atoms with Gasteiger partial charge in [0.1, 0.15) is 12.2 Å². The molecular weight excluding hydrogens is 452 g/mol. The maximum Gasteiger partial charge on any atom is 0.323 e. The van der Waals surface area contributed by atoms with Crippen LogP contribution in [0.2, 0.25) is 0 Å². The van der Waals surface area contributed by atoms with Crippen LogP contribution in [0, 0.1) is 0 Å². The van der Waals surface area contributed by atoms with Crippen LogP contribution in [0.15, 0.2) is 0 Å². The number of hydrogen-bond acceptors (Lipinski definition) is 8. The summed E-state index contributed by atoms with van der Waals surface area (Å²) in [5, 5.41) is 19.9. The van der Waals surface area contributed by atoms with Crippen molar-refractivity contribution >= 4 is 49.0 Å². The standard InChI is InChI=1S/C22H40N2O6S2/c1-3-5-7-9-11-13-17(25)19(27)15-23(31)21(29)22(30)24(32)16-20(28)18(26)14-12-10-8-6-4-2/h17-18,25-26,31-32H,3-16H2,1-2H3. The summed E-state index contributed by atoms with van der Waals surface area (Å²) in [5.74, 6) is -3.52. The van der Waals surface area contributed by atoms with E-state index in [4.69, 9.17) is 0 Å². The number of ketones is 2. The molecule has 32 heavy (non-hydrogen) atoms. The lowest BCUT2D eigenvalue weighted by molar-refractivity contribution is -0.147. The first-order valence-corrected chi connectivity index (χ1v) is 12.4. The molecule has 0 aliphatic rings. The molecule has 2 atom stereocenters. The summed E-state index contributed by atoms with van der Waals surface area (Å²) in [5.41, 5.74) is 0. The molecule has 0 aliphatic carbocycles. The van der Waals surface area contributed by atoms with Gasteiger partial charge < -0.3 is 10.2 Å². The number of nitrogens with zero attached hydrogens (tertiary/aromatic N) is 2. The molecule has 186 valence electrons. The van der Waals surface area contributed by atoms with Gasteiger partial charge in [0.2, 0.25) is 0 Å². The smallest absolute Gasteiger partial charge is 0.323 e. The summed E-state index contributed by atoms with van der Waals surface area (Å²) in [6, 6.07) is 0. The van der Waals surface area contributed by atoms with E-state index in [0.717, 1.165) is 51.4 Å². The van der Waals surface area contributed by atoms with Gasteiger partial charge in [0, 0.05) is 0 Å². The Labute approximate surface area is 203 Å². The van der Waals surface area contributed by atoms with Crippen LogP contribution in [0.25, 0.3) is 0 Å². The predicted molar refractivity (Wildman–Crippen MR) is 130 cm³/mol. The van der Waals surface area contributed by atoms with E-state index in [9.17, 15) is 29.4 Å². The van der Waals surface area contributed by atoms with E-state index in [-0.39, 0.29) is 12.8 Å². The zero-order valence-corrected chi connectivity index (χ0v) is 21.2. The van der Waals surface area contributed by atoms with Crippen molar-refractivity contribution < 1.29 is 29.4 Å². The SMILES string of the molecule is CCCCCCCC(O)C(=O)CN(S)C(=O)C(=O)N(S)CC(=O)C(O)CCCCCCC. The number of amides is 2. The summed E-state index contributed by atoms with van der Waals surface area (Å²) in [4.78, 5) is 48.6. The molecule has 0 fully saturated rings. The van der Waals surface area contributed by atoms with Gasteiger partial charge in [-0.3, -0.25) is 27.8 Å². The number of unbranched alkanes of at least 4 members (excludes halogenated alkanes) is 8. The molecule has 2 unspecified atom stereocenters. The van der Waals surface area contributed by atoms with Crippen LogP contribution in [0.4, 0.5) is 0 Å². The van der Waals surface area contributed by atoms with Gasteiger partial charge in [-0.15, -0.1) is 0 Å². The third-order valence-corrected chi connectivity index (χ3v) is 5.81. The fourth-order valence-electron chi connectivity index (χ4n) is 3.07.